The third-order valence-corrected chi connectivity index (χ3v) is 5.78. The van der Waals surface area contributed by atoms with Crippen molar-refractivity contribution in [2.45, 2.75) is 37.7 Å². The van der Waals surface area contributed by atoms with E-state index < -0.39 is 24.3 Å². The minimum absolute atomic E-state index is 0.200. The molecule has 192 valence electrons. The number of carboxylic acids is 2. The Morgan fingerprint density at radius 1 is 1.15 bits per heavy atom. The van der Waals surface area contributed by atoms with Gasteiger partial charge in [-0.05, 0) is 25.0 Å². The van der Waals surface area contributed by atoms with E-state index in [4.69, 9.17) is 29.3 Å². The molecule has 3 fully saturated rings. The van der Waals surface area contributed by atoms with E-state index in [1.54, 1.807) is 12.4 Å². The molecule has 0 unspecified atom stereocenters. The molecular weight excluding hydrogens is 478 g/mol. The Bertz CT molecular complexity index is 794. The molecule has 1 aliphatic carbocycles. The summed E-state index contributed by atoms with van der Waals surface area (Å²) < 4.78 is 75.2. The van der Waals surface area contributed by atoms with Gasteiger partial charge in [0.05, 0.1) is 26.0 Å². The number of alkyl halides is 6. The van der Waals surface area contributed by atoms with Gasteiger partial charge >= 0.3 is 24.3 Å². The first kappa shape index (κ1) is 27.6. The zero-order valence-corrected chi connectivity index (χ0v) is 17.8. The topological polar surface area (TPSA) is 109 Å². The molecule has 1 aromatic rings. The van der Waals surface area contributed by atoms with Crippen LogP contribution in [0, 0.1) is 11.3 Å². The molecule has 1 aromatic heterocycles. The largest absolute Gasteiger partial charge is 0.491 e. The van der Waals surface area contributed by atoms with E-state index >= 15 is 0 Å². The van der Waals surface area contributed by atoms with Crippen LogP contribution in [-0.4, -0.2) is 83.3 Å². The Kier molecular flexibility index (Phi) is 9.11. The lowest BCUT2D eigenvalue weighted by Gasteiger charge is -2.36. The lowest BCUT2D eigenvalue weighted by molar-refractivity contribution is -0.193. The van der Waals surface area contributed by atoms with Crippen molar-refractivity contribution in [2.75, 3.05) is 32.9 Å². The highest BCUT2D eigenvalue weighted by atomic mass is 19.4. The summed E-state index contributed by atoms with van der Waals surface area (Å²) in [5, 5.41) is 14.2. The Morgan fingerprint density at radius 2 is 1.74 bits per heavy atom. The highest BCUT2D eigenvalue weighted by molar-refractivity contribution is 5.73. The number of carboxylic acid groups (broad SMARTS) is 2. The minimum Gasteiger partial charge on any atom is -0.491 e. The number of halogens is 6. The maximum absolute atomic E-state index is 10.6. The van der Waals surface area contributed by atoms with Crippen LogP contribution in [0.25, 0.3) is 0 Å². The number of aromatic nitrogens is 1. The fourth-order valence-corrected chi connectivity index (χ4v) is 3.77. The van der Waals surface area contributed by atoms with Crippen LogP contribution >= 0.6 is 0 Å². The van der Waals surface area contributed by atoms with Gasteiger partial charge in [-0.2, -0.15) is 26.3 Å². The minimum atomic E-state index is -5.08. The van der Waals surface area contributed by atoms with E-state index in [0.717, 1.165) is 38.2 Å². The maximum atomic E-state index is 10.6. The third-order valence-electron chi connectivity index (χ3n) is 5.78. The molecule has 14 heteroatoms. The summed E-state index contributed by atoms with van der Waals surface area (Å²) in [5.41, 5.74) is 0.200. The fraction of sp³-hybridized carbons (Fsp3) is 0.650. The molecule has 0 spiro atoms. The summed E-state index contributed by atoms with van der Waals surface area (Å²) in [4.78, 5) is 24.6. The number of hydrogen-bond acceptors (Lipinski definition) is 6. The molecule has 4 rings (SSSR count). The van der Waals surface area contributed by atoms with Crippen molar-refractivity contribution in [1.82, 2.24) is 9.88 Å². The van der Waals surface area contributed by atoms with Crippen LogP contribution in [-0.2, 0) is 14.3 Å². The van der Waals surface area contributed by atoms with Gasteiger partial charge in [0.15, 0.2) is 0 Å². The van der Waals surface area contributed by atoms with E-state index in [9.17, 15) is 26.3 Å². The van der Waals surface area contributed by atoms with Crippen molar-refractivity contribution in [3.05, 3.63) is 24.5 Å². The summed E-state index contributed by atoms with van der Waals surface area (Å²) in [7, 11) is 0. The van der Waals surface area contributed by atoms with Crippen molar-refractivity contribution in [3.8, 4) is 5.75 Å². The number of hydrogen-bond donors (Lipinski definition) is 2. The monoisotopic (exact) mass is 502 g/mol. The summed E-state index contributed by atoms with van der Waals surface area (Å²) in [5.74, 6) is -4.01. The van der Waals surface area contributed by atoms with Gasteiger partial charge in [0.1, 0.15) is 5.75 Å². The Labute approximate surface area is 190 Å². The highest BCUT2D eigenvalue weighted by Gasteiger charge is 2.53. The summed E-state index contributed by atoms with van der Waals surface area (Å²) in [6, 6.07) is 4.73. The van der Waals surface area contributed by atoms with Gasteiger partial charge in [0.25, 0.3) is 0 Å². The number of likely N-dealkylation sites (tertiary alicyclic amines) is 1. The average molecular weight is 502 g/mol. The van der Waals surface area contributed by atoms with Crippen LogP contribution in [0.4, 0.5) is 26.3 Å². The van der Waals surface area contributed by atoms with Crippen molar-refractivity contribution in [1.29, 1.82) is 0 Å². The Balaban J connectivity index is 0.000000244. The predicted octanol–water partition coefficient (Wildman–Crippen LogP) is 3.23. The molecule has 2 atom stereocenters. The van der Waals surface area contributed by atoms with E-state index in [-0.39, 0.29) is 5.41 Å². The Hall–Kier alpha value is -2.61. The zero-order valence-electron chi connectivity index (χ0n) is 17.8. The molecule has 0 bridgehead atoms. The van der Waals surface area contributed by atoms with Crippen LogP contribution in [0.5, 0.6) is 5.75 Å². The van der Waals surface area contributed by atoms with Crippen LogP contribution < -0.4 is 4.74 Å². The molecule has 0 radical (unpaired) electrons. The van der Waals surface area contributed by atoms with E-state index in [1.807, 2.05) is 12.1 Å². The summed E-state index contributed by atoms with van der Waals surface area (Å²) >= 11 is 0. The Morgan fingerprint density at radius 3 is 2.18 bits per heavy atom. The van der Waals surface area contributed by atoms with Crippen LogP contribution in [0.15, 0.2) is 24.5 Å². The number of fused-ring (bicyclic) bond motifs is 1. The second-order valence-corrected chi connectivity index (χ2v) is 8.17. The number of nitrogens with zero attached hydrogens (tertiary/aromatic N) is 2. The van der Waals surface area contributed by atoms with E-state index in [1.165, 1.54) is 25.8 Å². The van der Waals surface area contributed by atoms with Gasteiger partial charge < -0.3 is 19.7 Å². The van der Waals surface area contributed by atoms with E-state index in [2.05, 4.69) is 9.88 Å². The molecule has 0 amide bonds. The molecule has 1 saturated carbocycles. The average Bonchev–Trinajstić information content (AvgIpc) is 3.22. The number of rotatable bonds is 4. The standard InChI is InChI=1S/C16H22N2O2.2C2HF3O2/c1-3-14(4-1)18-8-13-9-19-11-16(13,10-18)12-20-15-5-2-6-17-7-15;2*3-2(4,5)1(6)7/h2,5-7,13-14H,1,3-4,8-12H2;2*(H,6,7)/t13-,16+;;/m1../s1. The molecule has 3 heterocycles. The second-order valence-electron chi connectivity index (χ2n) is 8.17. The second kappa shape index (κ2) is 11.2. The normalized spacial score (nSPS) is 24.6. The number of carbonyl (C=O) groups is 2. The fourth-order valence-electron chi connectivity index (χ4n) is 3.77. The van der Waals surface area contributed by atoms with Gasteiger partial charge in [-0.3, -0.25) is 9.88 Å². The first-order chi connectivity index (χ1) is 15.7. The van der Waals surface area contributed by atoms with Gasteiger partial charge in [0, 0.05) is 36.7 Å². The van der Waals surface area contributed by atoms with Crippen LogP contribution in [0.3, 0.4) is 0 Å². The molecule has 2 saturated heterocycles. The third kappa shape index (κ3) is 7.72. The van der Waals surface area contributed by atoms with Gasteiger partial charge in [-0.25, -0.2) is 9.59 Å². The van der Waals surface area contributed by atoms with Gasteiger partial charge in [-0.15, -0.1) is 0 Å². The first-order valence-electron chi connectivity index (χ1n) is 10.2. The highest BCUT2D eigenvalue weighted by Crippen LogP contribution is 2.44. The smallest absolute Gasteiger partial charge is 0.490 e. The van der Waals surface area contributed by atoms with E-state index in [0.29, 0.717) is 5.92 Å². The summed E-state index contributed by atoms with van der Waals surface area (Å²) in [6.07, 6.45) is -2.43. The predicted molar refractivity (Wildman–Crippen MR) is 103 cm³/mol. The maximum Gasteiger partial charge on any atom is 0.490 e. The molecule has 8 nitrogen and oxygen atoms in total. The van der Waals surface area contributed by atoms with Crippen LogP contribution in [0.2, 0.25) is 0 Å². The van der Waals surface area contributed by atoms with Gasteiger partial charge in [-0.1, -0.05) is 6.42 Å². The molecule has 0 aromatic carbocycles. The lowest BCUT2D eigenvalue weighted by Crippen LogP contribution is -2.42. The molecule has 34 heavy (non-hydrogen) atoms. The molecule has 3 aliphatic rings. The number of aliphatic carboxylic acids is 2. The van der Waals surface area contributed by atoms with Gasteiger partial charge in [0.2, 0.25) is 0 Å². The quantitative estimate of drug-likeness (QED) is 0.605. The molecule has 2 N–H and O–H groups in total. The van der Waals surface area contributed by atoms with Crippen molar-refractivity contribution < 1.29 is 55.6 Å². The number of ether oxygens (including phenoxy) is 2. The SMILES string of the molecule is O=C(O)C(F)(F)F.O=C(O)C(F)(F)F.c1cncc(OC[C@]23COC[C@H]2CN(C2CCC2)C3)c1. The molecular formula is C20H24F6N2O6. The van der Waals surface area contributed by atoms with Crippen molar-refractivity contribution in [2.24, 2.45) is 11.3 Å². The van der Waals surface area contributed by atoms with Crippen molar-refractivity contribution in [3.63, 3.8) is 0 Å². The summed E-state index contributed by atoms with van der Waals surface area (Å²) in [6.45, 7) is 4.84. The van der Waals surface area contributed by atoms with Crippen molar-refractivity contribution >= 4 is 11.9 Å². The lowest BCUT2D eigenvalue weighted by atomic mass is 9.82. The zero-order chi connectivity index (χ0) is 25.6. The number of pyridine rings is 1. The molecule has 2 aliphatic heterocycles. The first-order valence-corrected chi connectivity index (χ1v) is 10.2. The van der Waals surface area contributed by atoms with Crippen LogP contribution in [0.1, 0.15) is 19.3 Å².